The van der Waals surface area contributed by atoms with Crippen LogP contribution in [0.15, 0.2) is 48.6 Å². The molecule has 0 unspecified atom stereocenters. The largest absolute Gasteiger partial charge is 0.491 e. The number of aliphatic carboxylic acids is 1. The average Bonchev–Trinajstić information content (AvgIpc) is 2.99. The molecule has 0 amide bonds. The predicted molar refractivity (Wildman–Crippen MR) is 111 cm³/mol. The summed E-state index contributed by atoms with van der Waals surface area (Å²) in [7, 11) is 0. The molecule has 1 fully saturated rings. The lowest BCUT2D eigenvalue weighted by Crippen LogP contribution is -2.22. The SMILES string of the molecule is O=C(O)/C=C/CCCC[C@@H]1[C@@H](/C=C/[C@H](O)COc2cccc(C(F)(F)F)c2)[C@H](O)C[C@@H]1O. The third-order valence-electron chi connectivity index (χ3n) is 5.47. The van der Waals surface area contributed by atoms with E-state index in [-0.39, 0.29) is 30.6 Å². The Morgan fingerprint density at radius 2 is 1.97 bits per heavy atom. The highest BCUT2D eigenvalue weighted by Gasteiger charge is 2.39. The minimum atomic E-state index is -4.49. The fourth-order valence-corrected chi connectivity index (χ4v) is 3.86. The molecule has 1 aliphatic carbocycles. The molecule has 0 bridgehead atoms. The predicted octanol–water partition coefficient (Wildman–Crippen LogP) is 3.56. The van der Waals surface area contributed by atoms with E-state index < -0.39 is 36.0 Å². The zero-order chi connectivity index (χ0) is 23.7. The third kappa shape index (κ3) is 8.29. The van der Waals surface area contributed by atoms with Gasteiger partial charge in [-0.2, -0.15) is 13.2 Å². The van der Waals surface area contributed by atoms with Gasteiger partial charge in [-0.3, -0.25) is 0 Å². The Morgan fingerprint density at radius 3 is 2.66 bits per heavy atom. The van der Waals surface area contributed by atoms with Gasteiger partial charge < -0.3 is 25.2 Å². The van der Waals surface area contributed by atoms with Gasteiger partial charge >= 0.3 is 12.1 Å². The summed E-state index contributed by atoms with van der Waals surface area (Å²) in [5.41, 5.74) is -0.843. The summed E-state index contributed by atoms with van der Waals surface area (Å²) in [5, 5.41) is 39.2. The molecule has 0 heterocycles. The van der Waals surface area contributed by atoms with Gasteiger partial charge in [-0.1, -0.05) is 30.7 Å². The van der Waals surface area contributed by atoms with Gasteiger partial charge in [0.25, 0.3) is 0 Å². The van der Waals surface area contributed by atoms with Crippen molar-refractivity contribution in [2.24, 2.45) is 11.8 Å². The summed E-state index contributed by atoms with van der Waals surface area (Å²) in [6, 6.07) is 4.37. The maximum atomic E-state index is 12.8. The van der Waals surface area contributed by atoms with E-state index in [9.17, 15) is 33.3 Å². The maximum Gasteiger partial charge on any atom is 0.416 e. The molecule has 9 heteroatoms. The Kier molecular flexibility index (Phi) is 9.74. The molecule has 1 aliphatic rings. The first-order valence-corrected chi connectivity index (χ1v) is 10.5. The van der Waals surface area contributed by atoms with Crippen LogP contribution in [-0.4, -0.2) is 51.3 Å². The second-order valence-corrected chi connectivity index (χ2v) is 7.93. The number of aliphatic hydroxyl groups is 3. The molecule has 1 saturated carbocycles. The van der Waals surface area contributed by atoms with Crippen molar-refractivity contribution in [3.05, 3.63) is 54.1 Å². The summed E-state index contributed by atoms with van der Waals surface area (Å²) in [6.45, 7) is -0.260. The second kappa shape index (κ2) is 12.0. The lowest BCUT2D eigenvalue weighted by molar-refractivity contribution is -0.137. The fraction of sp³-hybridized carbons (Fsp3) is 0.522. The zero-order valence-electron chi connectivity index (χ0n) is 17.5. The van der Waals surface area contributed by atoms with Crippen molar-refractivity contribution in [2.75, 3.05) is 6.61 Å². The number of rotatable bonds is 11. The molecule has 0 aliphatic heterocycles. The Balaban J connectivity index is 1.85. The van der Waals surface area contributed by atoms with Crippen molar-refractivity contribution >= 4 is 5.97 Å². The first-order valence-electron chi connectivity index (χ1n) is 10.5. The Labute approximate surface area is 184 Å². The van der Waals surface area contributed by atoms with Gasteiger partial charge in [0.15, 0.2) is 0 Å². The normalized spacial score (nSPS) is 24.9. The van der Waals surface area contributed by atoms with Crippen LogP contribution in [0.3, 0.4) is 0 Å². The molecule has 0 spiro atoms. The molecule has 2 rings (SSSR count). The van der Waals surface area contributed by atoms with E-state index in [0.29, 0.717) is 12.8 Å². The topological polar surface area (TPSA) is 107 Å². The van der Waals surface area contributed by atoms with Crippen LogP contribution in [0.5, 0.6) is 5.75 Å². The smallest absolute Gasteiger partial charge is 0.416 e. The van der Waals surface area contributed by atoms with Gasteiger partial charge in [-0.25, -0.2) is 4.79 Å². The average molecular weight is 458 g/mol. The lowest BCUT2D eigenvalue weighted by atomic mass is 9.88. The van der Waals surface area contributed by atoms with E-state index in [1.165, 1.54) is 18.2 Å². The molecule has 6 nitrogen and oxygen atoms in total. The zero-order valence-corrected chi connectivity index (χ0v) is 17.5. The first-order chi connectivity index (χ1) is 15.1. The molecular formula is C23H29F3O6. The van der Waals surface area contributed by atoms with Gasteiger partial charge in [-0.15, -0.1) is 0 Å². The van der Waals surface area contributed by atoms with Crippen molar-refractivity contribution in [3.63, 3.8) is 0 Å². The van der Waals surface area contributed by atoms with Gasteiger partial charge in [0.1, 0.15) is 18.5 Å². The van der Waals surface area contributed by atoms with E-state index in [4.69, 9.17) is 9.84 Å². The monoisotopic (exact) mass is 458 g/mol. The van der Waals surface area contributed by atoms with Crippen LogP contribution in [0.4, 0.5) is 13.2 Å². The summed E-state index contributed by atoms with van der Waals surface area (Å²) in [4.78, 5) is 10.4. The molecule has 178 valence electrons. The molecule has 1 aromatic carbocycles. The molecule has 1 aromatic rings. The van der Waals surface area contributed by atoms with Crippen LogP contribution in [0.1, 0.15) is 37.7 Å². The molecule has 0 saturated heterocycles. The van der Waals surface area contributed by atoms with E-state index in [1.54, 1.807) is 12.2 Å². The Morgan fingerprint density at radius 1 is 1.22 bits per heavy atom. The van der Waals surface area contributed by atoms with Crippen molar-refractivity contribution in [1.82, 2.24) is 0 Å². The number of hydrogen-bond donors (Lipinski definition) is 4. The highest BCUT2D eigenvalue weighted by molar-refractivity contribution is 5.79. The van der Waals surface area contributed by atoms with Crippen LogP contribution < -0.4 is 4.74 Å². The quantitative estimate of drug-likeness (QED) is 0.230. The summed E-state index contributed by atoms with van der Waals surface area (Å²) in [6.07, 6.45) is 1.58. The molecule has 32 heavy (non-hydrogen) atoms. The van der Waals surface area contributed by atoms with Crippen LogP contribution in [0.25, 0.3) is 0 Å². The Bertz CT molecular complexity index is 792. The molecule has 5 atom stereocenters. The molecule has 0 radical (unpaired) electrons. The number of unbranched alkanes of at least 4 members (excludes halogenated alkanes) is 2. The number of alkyl halides is 3. The van der Waals surface area contributed by atoms with Crippen molar-refractivity contribution in [1.29, 1.82) is 0 Å². The number of hydrogen-bond acceptors (Lipinski definition) is 5. The van der Waals surface area contributed by atoms with Crippen molar-refractivity contribution in [3.8, 4) is 5.75 Å². The number of ether oxygens (including phenoxy) is 1. The van der Waals surface area contributed by atoms with Crippen LogP contribution in [0, 0.1) is 11.8 Å². The van der Waals surface area contributed by atoms with Gasteiger partial charge in [-0.05, 0) is 43.4 Å². The van der Waals surface area contributed by atoms with Crippen LogP contribution in [-0.2, 0) is 11.0 Å². The second-order valence-electron chi connectivity index (χ2n) is 7.93. The van der Waals surface area contributed by atoms with Gasteiger partial charge in [0.2, 0.25) is 0 Å². The maximum absolute atomic E-state index is 12.8. The fourth-order valence-electron chi connectivity index (χ4n) is 3.86. The summed E-state index contributed by atoms with van der Waals surface area (Å²) < 4.78 is 43.5. The first kappa shape index (κ1) is 25.9. The number of halogens is 3. The number of carbonyl (C=O) groups is 1. The summed E-state index contributed by atoms with van der Waals surface area (Å²) >= 11 is 0. The lowest BCUT2D eigenvalue weighted by Gasteiger charge is -2.21. The minimum absolute atomic E-state index is 0.0153. The van der Waals surface area contributed by atoms with Gasteiger partial charge in [0, 0.05) is 18.4 Å². The van der Waals surface area contributed by atoms with E-state index in [2.05, 4.69) is 0 Å². The number of carboxylic acid groups (broad SMARTS) is 1. The Hall–Kier alpha value is -2.36. The number of carboxylic acids is 1. The van der Waals surface area contributed by atoms with Crippen molar-refractivity contribution < 1.29 is 43.1 Å². The molecule has 0 aromatic heterocycles. The number of aliphatic hydroxyl groups excluding tert-OH is 3. The van der Waals surface area contributed by atoms with Crippen LogP contribution in [0.2, 0.25) is 0 Å². The van der Waals surface area contributed by atoms with Gasteiger partial charge in [0.05, 0.1) is 17.8 Å². The standard InChI is InChI=1S/C23H29F3O6/c24-23(25,26)15-6-5-7-17(12-15)32-14-16(27)10-11-19-18(20(28)13-21(19)29)8-3-1-2-4-9-22(30)31/h4-7,9-12,16,18-21,27-29H,1-3,8,13-14H2,(H,30,31)/b9-4+,11-10+/t16-,18+,19+,20-,21+/m0/s1. The minimum Gasteiger partial charge on any atom is -0.491 e. The highest BCUT2D eigenvalue weighted by Crippen LogP contribution is 2.37. The number of allylic oxidation sites excluding steroid dienone is 1. The van der Waals surface area contributed by atoms with E-state index >= 15 is 0 Å². The van der Waals surface area contributed by atoms with E-state index in [0.717, 1.165) is 31.1 Å². The molecular weight excluding hydrogens is 429 g/mol. The van der Waals surface area contributed by atoms with Crippen LogP contribution >= 0.6 is 0 Å². The van der Waals surface area contributed by atoms with E-state index in [1.807, 2.05) is 0 Å². The van der Waals surface area contributed by atoms with Crippen molar-refractivity contribution in [2.45, 2.75) is 56.6 Å². The third-order valence-corrected chi connectivity index (χ3v) is 5.47. The highest BCUT2D eigenvalue weighted by atomic mass is 19.4. The number of benzene rings is 1. The summed E-state index contributed by atoms with van der Waals surface area (Å²) in [5.74, 6) is -1.59. The molecule has 4 N–H and O–H groups in total.